The maximum absolute atomic E-state index is 6.84. The molecule has 0 saturated carbocycles. The molecule has 0 aliphatic carbocycles. The van der Waals surface area contributed by atoms with Gasteiger partial charge in [0.05, 0.1) is 28.4 Å². The van der Waals surface area contributed by atoms with Crippen LogP contribution in [0.4, 0.5) is 51.2 Å². The maximum atomic E-state index is 6.84. The standard InChI is InChI=1S/C48H38BN3O2/c1-27-7-13-33(14-8-27)50(34-15-9-28(2)10-16-34)35-25-40-46-41(26-35)52-39-18-12-30(4)22-43(39)54-45-24-32(6)20-37(48(45)52)49(46)36-19-31(5)23-44-47(36)51(40)38-17-11-29(3)21-42(38)53-44/h7-26H,1-6H3. The third-order valence-corrected chi connectivity index (χ3v) is 11.5. The van der Waals surface area contributed by atoms with Gasteiger partial charge >= 0.3 is 0 Å². The van der Waals surface area contributed by atoms with E-state index in [0.717, 1.165) is 85.3 Å². The third-order valence-electron chi connectivity index (χ3n) is 11.5. The van der Waals surface area contributed by atoms with Crippen molar-refractivity contribution in [2.24, 2.45) is 0 Å². The minimum Gasteiger partial charge on any atom is -0.453 e. The quantitative estimate of drug-likeness (QED) is 0.171. The summed E-state index contributed by atoms with van der Waals surface area (Å²) in [6.45, 7) is 12.9. The van der Waals surface area contributed by atoms with E-state index in [1.165, 1.54) is 38.6 Å². The van der Waals surface area contributed by atoms with Gasteiger partial charge in [-0.05, 0) is 153 Å². The molecular weight excluding hydrogens is 661 g/mol. The highest BCUT2D eigenvalue weighted by Crippen LogP contribution is 2.57. The Morgan fingerprint density at radius 1 is 0.389 bits per heavy atom. The summed E-state index contributed by atoms with van der Waals surface area (Å²) < 4.78 is 13.7. The van der Waals surface area contributed by atoms with Crippen LogP contribution in [0.5, 0.6) is 23.0 Å². The van der Waals surface area contributed by atoms with Crippen LogP contribution in [0, 0.1) is 41.5 Å². The molecule has 0 bridgehead atoms. The number of rotatable bonds is 3. The lowest BCUT2D eigenvalue weighted by atomic mass is 9.33. The minimum absolute atomic E-state index is 0.0442. The molecule has 0 fully saturated rings. The van der Waals surface area contributed by atoms with Crippen LogP contribution in [0.25, 0.3) is 0 Å². The van der Waals surface area contributed by atoms with Gasteiger partial charge in [-0.3, -0.25) is 0 Å². The van der Waals surface area contributed by atoms with E-state index in [4.69, 9.17) is 9.47 Å². The Balaban J connectivity index is 1.29. The van der Waals surface area contributed by atoms with Crippen molar-refractivity contribution >= 4 is 74.3 Å². The summed E-state index contributed by atoms with van der Waals surface area (Å²) in [6.07, 6.45) is 0. The fourth-order valence-corrected chi connectivity index (χ4v) is 9.09. The highest BCUT2D eigenvalue weighted by Gasteiger charge is 2.48. The molecule has 54 heavy (non-hydrogen) atoms. The van der Waals surface area contributed by atoms with E-state index in [0.29, 0.717) is 0 Å². The van der Waals surface area contributed by atoms with Crippen LogP contribution in [0.2, 0.25) is 0 Å². The summed E-state index contributed by atoms with van der Waals surface area (Å²) in [5.41, 5.74) is 20.8. The van der Waals surface area contributed by atoms with Crippen molar-refractivity contribution < 1.29 is 9.47 Å². The molecule has 0 amide bonds. The molecular formula is C48H38BN3O2. The SMILES string of the molecule is Cc1ccc(N(c2ccc(C)cc2)c2cc3c4c(c2)N2c5ccc(C)cc5Oc5cc(C)cc(c52)B4c2cc(C)cc4c2N3c2ccc(C)cc2O4)cc1. The number of hydrogen-bond acceptors (Lipinski definition) is 5. The van der Waals surface area contributed by atoms with Crippen molar-refractivity contribution in [3.8, 4) is 23.0 Å². The first kappa shape index (κ1) is 31.2. The highest BCUT2D eigenvalue weighted by atomic mass is 16.5. The normalized spacial score (nSPS) is 13.6. The Morgan fingerprint density at radius 2 is 0.796 bits per heavy atom. The Hall–Kier alpha value is -6.40. The molecule has 11 rings (SSSR count). The second-order valence-corrected chi connectivity index (χ2v) is 15.6. The van der Waals surface area contributed by atoms with Gasteiger partial charge < -0.3 is 24.2 Å². The van der Waals surface area contributed by atoms with Gasteiger partial charge in [0.15, 0.2) is 23.0 Å². The van der Waals surface area contributed by atoms with E-state index in [9.17, 15) is 0 Å². The lowest BCUT2D eigenvalue weighted by Gasteiger charge is -2.48. The van der Waals surface area contributed by atoms with Gasteiger partial charge in [-0.2, -0.15) is 0 Å². The molecule has 260 valence electrons. The fourth-order valence-electron chi connectivity index (χ4n) is 9.09. The van der Waals surface area contributed by atoms with Crippen LogP contribution in [0.1, 0.15) is 33.4 Å². The summed E-state index contributed by atoms with van der Waals surface area (Å²) >= 11 is 0. The molecule has 7 aromatic carbocycles. The molecule has 4 aliphatic heterocycles. The number of aryl methyl sites for hydroxylation is 6. The van der Waals surface area contributed by atoms with Crippen molar-refractivity contribution in [2.75, 3.05) is 14.7 Å². The van der Waals surface area contributed by atoms with Crippen molar-refractivity contribution in [2.45, 2.75) is 41.5 Å². The zero-order chi connectivity index (χ0) is 36.6. The number of anilines is 9. The summed E-state index contributed by atoms with van der Waals surface area (Å²) in [5, 5.41) is 0. The smallest absolute Gasteiger partial charge is 0.252 e. The Morgan fingerprint density at radius 3 is 1.24 bits per heavy atom. The average molecular weight is 700 g/mol. The van der Waals surface area contributed by atoms with Crippen LogP contribution >= 0.6 is 0 Å². The lowest BCUT2D eigenvalue weighted by Crippen LogP contribution is -2.62. The van der Waals surface area contributed by atoms with Crippen LogP contribution in [0.3, 0.4) is 0 Å². The van der Waals surface area contributed by atoms with E-state index in [1.807, 2.05) is 0 Å². The van der Waals surface area contributed by atoms with Gasteiger partial charge in [0.1, 0.15) is 0 Å². The van der Waals surface area contributed by atoms with E-state index in [-0.39, 0.29) is 6.71 Å². The number of ether oxygens (including phenoxy) is 2. The topological polar surface area (TPSA) is 28.2 Å². The number of benzene rings is 7. The predicted molar refractivity (Wildman–Crippen MR) is 224 cm³/mol. The second-order valence-electron chi connectivity index (χ2n) is 15.6. The fraction of sp³-hybridized carbons (Fsp3) is 0.125. The molecule has 0 atom stereocenters. The summed E-state index contributed by atoms with van der Waals surface area (Å²) in [7, 11) is 0. The van der Waals surface area contributed by atoms with E-state index < -0.39 is 0 Å². The Kier molecular flexibility index (Phi) is 6.38. The number of fused-ring (bicyclic) bond motifs is 8. The van der Waals surface area contributed by atoms with Gasteiger partial charge in [0, 0.05) is 22.7 Å². The zero-order valence-electron chi connectivity index (χ0n) is 31.3. The van der Waals surface area contributed by atoms with Gasteiger partial charge in [0.2, 0.25) is 0 Å². The molecule has 0 saturated heterocycles. The largest absolute Gasteiger partial charge is 0.453 e. The molecule has 0 N–H and O–H groups in total. The third kappa shape index (κ3) is 4.40. The maximum Gasteiger partial charge on any atom is 0.252 e. The molecule has 5 nitrogen and oxygen atoms in total. The number of hydrogen-bond donors (Lipinski definition) is 0. The van der Waals surface area contributed by atoms with E-state index in [1.54, 1.807) is 0 Å². The lowest BCUT2D eigenvalue weighted by molar-refractivity contribution is 0.476. The molecule has 4 heterocycles. The Bertz CT molecular complexity index is 2570. The van der Waals surface area contributed by atoms with Crippen molar-refractivity contribution in [1.29, 1.82) is 0 Å². The van der Waals surface area contributed by atoms with Gasteiger partial charge in [-0.15, -0.1) is 0 Å². The predicted octanol–water partition coefficient (Wildman–Crippen LogP) is 11.3. The van der Waals surface area contributed by atoms with Gasteiger partial charge in [0.25, 0.3) is 6.71 Å². The van der Waals surface area contributed by atoms with Gasteiger partial charge in [-0.1, -0.05) is 59.7 Å². The molecule has 7 aromatic rings. The first-order valence-electron chi connectivity index (χ1n) is 18.8. The van der Waals surface area contributed by atoms with E-state index in [2.05, 4.69) is 178 Å². The van der Waals surface area contributed by atoms with Crippen LogP contribution in [-0.2, 0) is 0 Å². The van der Waals surface area contributed by atoms with Crippen LogP contribution in [0.15, 0.2) is 121 Å². The van der Waals surface area contributed by atoms with Crippen LogP contribution in [-0.4, -0.2) is 6.71 Å². The first-order chi connectivity index (χ1) is 26.2. The zero-order valence-corrected chi connectivity index (χ0v) is 31.3. The molecule has 0 radical (unpaired) electrons. The van der Waals surface area contributed by atoms with Crippen LogP contribution < -0.4 is 40.6 Å². The molecule has 6 heteroatoms. The molecule has 4 aliphatic rings. The van der Waals surface area contributed by atoms with Gasteiger partial charge in [-0.25, -0.2) is 0 Å². The van der Waals surface area contributed by atoms with E-state index >= 15 is 0 Å². The molecule has 0 spiro atoms. The Labute approximate surface area is 316 Å². The molecule has 0 aromatic heterocycles. The average Bonchev–Trinajstić information content (AvgIpc) is 3.14. The first-order valence-corrected chi connectivity index (χ1v) is 18.8. The summed E-state index contributed by atoms with van der Waals surface area (Å²) in [6, 6.07) is 44.8. The van der Waals surface area contributed by atoms with Crippen molar-refractivity contribution in [3.05, 3.63) is 155 Å². The minimum atomic E-state index is -0.0442. The second kappa shape index (κ2) is 11.1. The summed E-state index contributed by atoms with van der Waals surface area (Å²) in [5.74, 6) is 3.51. The molecule has 0 unspecified atom stereocenters. The van der Waals surface area contributed by atoms with Crippen molar-refractivity contribution in [3.63, 3.8) is 0 Å². The monoisotopic (exact) mass is 699 g/mol. The van der Waals surface area contributed by atoms with Crippen molar-refractivity contribution in [1.82, 2.24) is 0 Å². The number of nitrogens with zero attached hydrogens (tertiary/aromatic N) is 3. The highest BCUT2D eigenvalue weighted by molar-refractivity contribution is 7.00. The summed E-state index contributed by atoms with van der Waals surface area (Å²) in [4.78, 5) is 7.35.